The number of methoxy groups -OCH3 is 1. The molecule has 2 aromatic heterocycles. The third-order valence-electron chi connectivity index (χ3n) is 4.25. The summed E-state index contributed by atoms with van der Waals surface area (Å²) in [6, 6.07) is 3.31. The molecule has 3 aromatic rings. The van der Waals surface area contributed by atoms with Crippen LogP contribution in [-0.2, 0) is 24.3 Å². The molecule has 0 bridgehead atoms. The van der Waals surface area contributed by atoms with Gasteiger partial charge < -0.3 is 9.30 Å². The van der Waals surface area contributed by atoms with Crippen molar-refractivity contribution in [2.24, 2.45) is 0 Å². The van der Waals surface area contributed by atoms with Gasteiger partial charge in [0.25, 0.3) is 0 Å². The van der Waals surface area contributed by atoms with Crippen molar-refractivity contribution in [3.05, 3.63) is 38.7 Å². The zero-order valence-corrected chi connectivity index (χ0v) is 17.3. The SMILES string of the molecule is CCCCn1c(CC)nc2c1c(COC)nn2-c1c(Cl)cc(Cl)cc1Cl. The van der Waals surface area contributed by atoms with Crippen LogP contribution in [0, 0.1) is 0 Å². The van der Waals surface area contributed by atoms with Crippen molar-refractivity contribution >= 4 is 46.0 Å². The molecule has 0 saturated heterocycles. The maximum atomic E-state index is 6.42. The van der Waals surface area contributed by atoms with Crippen LogP contribution in [0.15, 0.2) is 12.1 Å². The summed E-state index contributed by atoms with van der Waals surface area (Å²) in [5, 5.41) is 6.04. The van der Waals surface area contributed by atoms with E-state index >= 15 is 0 Å². The van der Waals surface area contributed by atoms with Gasteiger partial charge in [-0.05, 0) is 18.6 Å². The Morgan fingerprint density at radius 1 is 1.12 bits per heavy atom. The highest BCUT2D eigenvalue weighted by Crippen LogP contribution is 2.35. The third kappa shape index (κ3) is 3.46. The smallest absolute Gasteiger partial charge is 0.181 e. The highest BCUT2D eigenvalue weighted by Gasteiger charge is 2.23. The summed E-state index contributed by atoms with van der Waals surface area (Å²) in [5.74, 6) is 1.01. The quantitative estimate of drug-likeness (QED) is 0.498. The van der Waals surface area contributed by atoms with E-state index in [0.29, 0.717) is 27.4 Å². The maximum absolute atomic E-state index is 6.42. The topological polar surface area (TPSA) is 44.9 Å². The van der Waals surface area contributed by atoms with Crippen LogP contribution < -0.4 is 0 Å². The first-order valence-electron chi connectivity index (χ1n) is 8.62. The molecule has 0 radical (unpaired) electrons. The lowest BCUT2D eigenvalue weighted by Crippen LogP contribution is -2.06. The molecule has 0 atom stereocenters. The fourth-order valence-electron chi connectivity index (χ4n) is 3.09. The van der Waals surface area contributed by atoms with Gasteiger partial charge in [0, 0.05) is 25.1 Å². The fraction of sp³-hybridized carbons (Fsp3) is 0.444. The summed E-state index contributed by atoms with van der Waals surface area (Å²) in [5.41, 5.74) is 3.09. The molecule has 0 aliphatic rings. The Bertz CT molecular complexity index is 909. The molecule has 0 N–H and O–H groups in total. The number of aromatic nitrogens is 4. The molecule has 0 fully saturated rings. The number of hydrogen-bond donors (Lipinski definition) is 0. The summed E-state index contributed by atoms with van der Waals surface area (Å²) < 4.78 is 9.29. The van der Waals surface area contributed by atoms with Crippen LogP contribution in [-0.4, -0.2) is 26.4 Å². The van der Waals surface area contributed by atoms with E-state index in [0.717, 1.165) is 48.5 Å². The van der Waals surface area contributed by atoms with Crippen LogP contribution in [0.4, 0.5) is 0 Å². The Balaban J connectivity index is 2.29. The minimum Gasteiger partial charge on any atom is -0.378 e. The van der Waals surface area contributed by atoms with Crippen molar-refractivity contribution in [1.82, 2.24) is 19.3 Å². The number of halogens is 3. The van der Waals surface area contributed by atoms with Crippen LogP contribution in [0.2, 0.25) is 15.1 Å². The van der Waals surface area contributed by atoms with Gasteiger partial charge in [0.1, 0.15) is 22.7 Å². The molecular formula is C18H21Cl3N4O. The molecule has 0 amide bonds. The summed E-state index contributed by atoms with van der Waals surface area (Å²) in [4.78, 5) is 4.83. The summed E-state index contributed by atoms with van der Waals surface area (Å²) in [6.45, 7) is 5.54. The standard InChI is InChI=1S/C18H21Cl3N4O/c1-4-6-7-24-15(5-2)22-18-17(24)14(10-26-3)23-25(18)16-12(20)8-11(19)9-13(16)21/h8-9H,4-7,10H2,1-3H3. The average molecular weight is 416 g/mol. The first kappa shape index (κ1) is 19.5. The summed E-state index contributed by atoms with van der Waals surface area (Å²) in [7, 11) is 1.65. The van der Waals surface area contributed by atoms with Crippen LogP contribution in [0.25, 0.3) is 16.9 Å². The Morgan fingerprint density at radius 3 is 2.38 bits per heavy atom. The molecule has 140 valence electrons. The van der Waals surface area contributed by atoms with Crippen LogP contribution in [0.1, 0.15) is 38.2 Å². The van der Waals surface area contributed by atoms with Crippen LogP contribution >= 0.6 is 34.8 Å². The van der Waals surface area contributed by atoms with E-state index in [2.05, 4.69) is 18.4 Å². The van der Waals surface area contributed by atoms with Crippen molar-refractivity contribution < 1.29 is 4.74 Å². The molecule has 0 aliphatic carbocycles. The second kappa shape index (κ2) is 8.17. The molecule has 2 heterocycles. The van der Waals surface area contributed by atoms with E-state index in [9.17, 15) is 0 Å². The Morgan fingerprint density at radius 2 is 1.81 bits per heavy atom. The summed E-state index contributed by atoms with van der Waals surface area (Å²) in [6.07, 6.45) is 3.00. The predicted octanol–water partition coefficient (Wildman–Crippen LogP) is 5.69. The molecule has 26 heavy (non-hydrogen) atoms. The molecule has 1 aromatic carbocycles. The van der Waals surface area contributed by atoms with Gasteiger partial charge in [-0.3, -0.25) is 0 Å². The van der Waals surface area contributed by atoms with Crippen molar-refractivity contribution in [2.75, 3.05) is 7.11 Å². The van der Waals surface area contributed by atoms with Crippen molar-refractivity contribution in [3.8, 4) is 5.69 Å². The maximum Gasteiger partial charge on any atom is 0.181 e. The van der Waals surface area contributed by atoms with Gasteiger partial charge in [0.05, 0.1) is 16.7 Å². The number of imidazole rings is 1. The van der Waals surface area contributed by atoms with Gasteiger partial charge in [0.2, 0.25) is 0 Å². The van der Waals surface area contributed by atoms with Gasteiger partial charge >= 0.3 is 0 Å². The normalized spacial score (nSPS) is 11.6. The molecule has 5 nitrogen and oxygen atoms in total. The molecule has 0 saturated carbocycles. The number of unbranched alkanes of at least 4 members (excludes halogenated alkanes) is 1. The van der Waals surface area contributed by atoms with Crippen molar-refractivity contribution in [3.63, 3.8) is 0 Å². The number of ether oxygens (including phenoxy) is 1. The van der Waals surface area contributed by atoms with E-state index in [1.165, 1.54) is 0 Å². The zero-order valence-electron chi connectivity index (χ0n) is 15.0. The number of benzene rings is 1. The number of aryl methyl sites for hydroxylation is 2. The fourth-order valence-corrected chi connectivity index (χ4v) is 4.06. The molecule has 0 unspecified atom stereocenters. The zero-order chi connectivity index (χ0) is 18.8. The molecule has 0 aliphatic heterocycles. The number of hydrogen-bond acceptors (Lipinski definition) is 3. The Kier molecular flexibility index (Phi) is 6.13. The lowest BCUT2D eigenvalue weighted by Gasteiger charge is -2.08. The van der Waals surface area contributed by atoms with Crippen molar-refractivity contribution in [1.29, 1.82) is 0 Å². The molecule has 0 spiro atoms. The number of rotatable bonds is 7. The van der Waals surface area contributed by atoms with E-state index in [4.69, 9.17) is 49.6 Å². The van der Waals surface area contributed by atoms with E-state index in [1.54, 1.807) is 23.9 Å². The van der Waals surface area contributed by atoms with E-state index in [-0.39, 0.29) is 0 Å². The summed E-state index contributed by atoms with van der Waals surface area (Å²) >= 11 is 18.9. The second-order valence-corrected chi connectivity index (χ2v) is 7.32. The van der Waals surface area contributed by atoms with Gasteiger partial charge in [0.15, 0.2) is 5.65 Å². The molecule has 8 heteroatoms. The van der Waals surface area contributed by atoms with Gasteiger partial charge in [-0.25, -0.2) is 9.67 Å². The van der Waals surface area contributed by atoms with E-state index < -0.39 is 0 Å². The van der Waals surface area contributed by atoms with Crippen LogP contribution in [0.3, 0.4) is 0 Å². The predicted molar refractivity (Wildman–Crippen MR) is 107 cm³/mol. The number of nitrogens with zero attached hydrogens (tertiary/aromatic N) is 4. The lowest BCUT2D eigenvalue weighted by atomic mass is 10.3. The Labute approximate surface area is 167 Å². The van der Waals surface area contributed by atoms with Gasteiger partial charge in [-0.2, -0.15) is 5.10 Å². The Hall–Kier alpha value is -1.27. The minimum atomic E-state index is 0.382. The highest BCUT2D eigenvalue weighted by molar-refractivity contribution is 6.40. The van der Waals surface area contributed by atoms with E-state index in [1.807, 2.05) is 0 Å². The monoisotopic (exact) mass is 414 g/mol. The average Bonchev–Trinajstić information content (AvgIpc) is 3.11. The second-order valence-electron chi connectivity index (χ2n) is 6.07. The largest absolute Gasteiger partial charge is 0.378 e. The van der Waals surface area contributed by atoms with Gasteiger partial charge in [-0.15, -0.1) is 0 Å². The molecule has 3 rings (SSSR count). The van der Waals surface area contributed by atoms with Crippen molar-refractivity contribution in [2.45, 2.75) is 46.3 Å². The molecular weight excluding hydrogens is 395 g/mol. The first-order chi connectivity index (χ1) is 12.5. The lowest BCUT2D eigenvalue weighted by molar-refractivity contribution is 0.181. The van der Waals surface area contributed by atoms with Crippen LogP contribution in [0.5, 0.6) is 0 Å². The first-order valence-corrected chi connectivity index (χ1v) is 9.76. The van der Waals surface area contributed by atoms with Gasteiger partial charge in [-0.1, -0.05) is 55.1 Å². The number of fused-ring (bicyclic) bond motifs is 1. The highest BCUT2D eigenvalue weighted by atomic mass is 35.5. The minimum absolute atomic E-state index is 0.382. The third-order valence-corrected chi connectivity index (χ3v) is 5.04.